The van der Waals surface area contributed by atoms with Gasteiger partial charge in [0.25, 0.3) is 0 Å². The number of hydrogen-bond donors (Lipinski definition) is 6. The topological polar surface area (TPSA) is 205 Å². The number of carboxylic acids is 1. The Morgan fingerprint density at radius 1 is 1.23 bits per heavy atom. The average Bonchev–Trinajstić information content (AvgIpc) is 3.18. The first-order valence-corrected chi connectivity index (χ1v) is 11.2. The summed E-state index contributed by atoms with van der Waals surface area (Å²) >= 11 is 1.51. The van der Waals surface area contributed by atoms with Gasteiger partial charge < -0.3 is 37.2 Å². The summed E-state index contributed by atoms with van der Waals surface area (Å²) in [6, 6.07) is -4.71. The van der Waals surface area contributed by atoms with Crippen molar-refractivity contribution in [3.8, 4) is 0 Å². The molecule has 0 radical (unpaired) electrons. The van der Waals surface area contributed by atoms with E-state index in [9.17, 15) is 29.1 Å². The molecule has 1 rings (SSSR count). The predicted molar refractivity (Wildman–Crippen MR) is 113 cm³/mol. The van der Waals surface area contributed by atoms with Gasteiger partial charge in [0, 0.05) is 6.54 Å². The fourth-order valence-electron chi connectivity index (χ4n) is 3.18. The minimum atomic E-state index is -1.52. The van der Waals surface area contributed by atoms with Crippen LogP contribution in [0.15, 0.2) is 0 Å². The van der Waals surface area contributed by atoms with E-state index in [1.165, 1.54) is 23.6 Å². The van der Waals surface area contributed by atoms with Crippen molar-refractivity contribution in [1.29, 1.82) is 0 Å². The first kappa shape index (κ1) is 26.7. The summed E-state index contributed by atoms with van der Waals surface area (Å²) in [4.78, 5) is 61.4. The quantitative estimate of drug-likeness (QED) is 0.179. The van der Waals surface area contributed by atoms with Crippen LogP contribution in [0.5, 0.6) is 0 Å². The molecule has 1 saturated heterocycles. The van der Waals surface area contributed by atoms with Gasteiger partial charge in [-0.25, -0.2) is 4.79 Å². The normalized spacial score (nSPS) is 19.7. The molecule has 0 aromatic carbocycles. The maximum Gasteiger partial charge on any atom is 0.326 e. The molecule has 12 nitrogen and oxygen atoms in total. The molecule has 0 aliphatic carbocycles. The highest BCUT2D eigenvalue weighted by atomic mass is 32.2. The van der Waals surface area contributed by atoms with E-state index in [4.69, 9.17) is 16.6 Å². The van der Waals surface area contributed by atoms with Gasteiger partial charge in [-0.1, -0.05) is 0 Å². The van der Waals surface area contributed by atoms with Crippen LogP contribution in [0.25, 0.3) is 0 Å². The van der Waals surface area contributed by atoms with Crippen LogP contribution in [0, 0.1) is 0 Å². The van der Waals surface area contributed by atoms with E-state index in [0.717, 1.165) is 0 Å². The fourth-order valence-corrected chi connectivity index (χ4v) is 3.67. The van der Waals surface area contributed by atoms with Gasteiger partial charge in [0.15, 0.2) is 0 Å². The summed E-state index contributed by atoms with van der Waals surface area (Å²) in [5.74, 6) is -3.72. The summed E-state index contributed by atoms with van der Waals surface area (Å²) in [6.07, 6.45) is 1.12. The molecule has 0 spiro atoms. The molecule has 8 N–H and O–H groups in total. The van der Waals surface area contributed by atoms with Crippen molar-refractivity contribution in [2.75, 3.05) is 18.6 Å². The molecule has 4 amide bonds. The number of hydrogen-bond acceptors (Lipinski definition) is 8. The second-order valence-electron chi connectivity index (χ2n) is 7.37. The molecule has 5 atom stereocenters. The van der Waals surface area contributed by atoms with Crippen LogP contribution in [0.4, 0.5) is 0 Å². The van der Waals surface area contributed by atoms with Gasteiger partial charge in [-0.05, 0) is 38.2 Å². The van der Waals surface area contributed by atoms with E-state index >= 15 is 0 Å². The van der Waals surface area contributed by atoms with Crippen LogP contribution < -0.4 is 22.1 Å². The number of rotatable bonds is 12. The van der Waals surface area contributed by atoms with Crippen molar-refractivity contribution in [2.24, 2.45) is 11.5 Å². The SMILES string of the molecule is CSCCC(N)C(=O)NC(C(=O)N1CCCC1C(=O)NC(CC(N)=O)C(=O)O)C(C)O. The number of carbonyl (C=O) groups is 5. The number of primary amides is 1. The largest absolute Gasteiger partial charge is 0.480 e. The number of amides is 4. The molecule has 5 unspecified atom stereocenters. The van der Waals surface area contributed by atoms with E-state index in [1.54, 1.807) is 0 Å². The maximum atomic E-state index is 13.0. The minimum Gasteiger partial charge on any atom is -0.480 e. The van der Waals surface area contributed by atoms with Gasteiger partial charge in [0.2, 0.25) is 23.6 Å². The van der Waals surface area contributed by atoms with Crippen molar-refractivity contribution in [3.63, 3.8) is 0 Å². The lowest BCUT2D eigenvalue weighted by atomic mass is 10.1. The molecule has 0 bridgehead atoms. The number of carbonyl (C=O) groups excluding carboxylic acids is 4. The van der Waals surface area contributed by atoms with Crippen LogP contribution >= 0.6 is 11.8 Å². The van der Waals surface area contributed by atoms with Crippen LogP contribution in [-0.4, -0.2) is 93.5 Å². The molecule has 13 heteroatoms. The Labute approximate surface area is 184 Å². The number of carboxylic acid groups (broad SMARTS) is 1. The summed E-state index contributed by atoms with van der Waals surface area (Å²) in [7, 11) is 0. The zero-order valence-electron chi connectivity index (χ0n) is 17.6. The Bertz CT molecular complexity index is 690. The zero-order chi connectivity index (χ0) is 23.7. The Hall–Kier alpha value is -2.38. The van der Waals surface area contributed by atoms with Crippen molar-refractivity contribution in [1.82, 2.24) is 15.5 Å². The van der Waals surface area contributed by atoms with E-state index in [-0.39, 0.29) is 13.0 Å². The summed E-state index contributed by atoms with van der Waals surface area (Å²) in [6.45, 7) is 1.51. The number of nitrogens with one attached hydrogen (secondary N) is 2. The van der Waals surface area contributed by atoms with Gasteiger partial charge in [0.05, 0.1) is 18.6 Å². The van der Waals surface area contributed by atoms with E-state index in [1.807, 2.05) is 6.26 Å². The smallest absolute Gasteiger partial charge is 0.326 e. The number of nitrogens with two attached hydrogens (primary N) is 2. The van der Waals surface area contributed by atoms with Crippen LogP contribution in [-0.2, 0) is 24.0 Å². The first-order chi connectivity index (χ1) is 14.5. The lowest BCUT2D eigenvalue weighted by molar-refractivity contribution is -0.146. The monoisotopic (exact) mass is 461 g/mol. The Morgan fingerprint density at radius 2 is 1.87 bits per heavy atom. The molecule has 0 aromatic rings. The van der Waals surface area contributed by atoms with E-state index in [0.29, 0.717) is 18.6 Å². The molecule has 1 fully saturated rings. The van der Waals surface area contributed by atoms with Crippen molar-refractivity contribution in [3.05, 3.63) is 0 Å². The van der Waals surface area contributed by atoms with Gasteiger partial charge >= 0.3 is 5.97 Å². The predicted octanol–water partition coefficient (Wildman–Crippen LogP) is -2.63. The summed E-state index contributed by atoms with van der Waals surface area (Å²) in [5, 5.41) is 23.9. The molecule has 0 aromatic heterocycles. The lowest BCUT2D eigenvalue weighted by Crippen LogP contribution is -2.59. The standard InChI is InChI=1S/C18H31N5O7S/c1-9(24)14(22-15(26)10(19)5-7-31-2)17(28)23-6-3-4-12(23)16(27)21-11(18(29)30)8-13(20)25/h9-12,14,24H,3-8,19H2,1-2H3,(H2,20,25)(H,21,27)(H,22,26)(H,29,30). The third-order valence-corrected chi connectivity index (χ3v) is 5.52. The molecule has 1 aliphatic rings. The van der Waals surface area contributed by atoms with Crippen LogP contribution in [0.2, 0.25) is 0 Å². The third kappa shape index (κ3) is 7.99. The number of aliphatic hydroxyl groups excluding tert-OH is 1. The second-order valence-corrected chi connectivity index (χ2v) is 8.36. The fraction of sp³-hybridized carbons (Fsp3) is 0.722. The molecular weight excluding hydrogens is 430 g/mol. The van der Waals surface area contributed by atoms with Crippen molar-refractivity contribution < 1.29 is 34.2 Å². The van der Waals surface area contributed by atoms with Crippen molar-refractivity contribution >= 4 is 41.4 Å². The van der Waals surface area contributed by atoms with Crippen LogP contribution in [0.3, 0.4) is 0 Å². The highest BCUT2D eigenvalue weighted by Gasteiger charge is 2.40. The molecule has 176 valence electrons. The second kappa shape index (κ2) is 12.5. The Balaban J connectivity index is 2.89. The van der Waals surface area contributed by atoms with Gasteiger partial charge in [-0.15, -0.1) is 0 Å². The Kier molecular flexibility index (Phi) is 10.7. The number of aliphatic carboxylic acids is 1. The molecular formula is C18H31N5O7S. The Morgan fingerprint density at radius 3 is 2.39 bits per heavy atom. The number of likely N-dealkylation sites (tertiary alicyclic amines) is 1. The zero-order valence-corrected chi connectivity index (χ0v) is 18.4. The van der Waals surface area contributed by atoms with E-state index in [2.05, 4.69) is 10.6 Å². The average molecular weight is 462 g/mol. The van der Waals surface area contributed by atoms with Crippen molar-refractivity contribution in [2.45, 2.75) is 62.9 Å². The van der Waals surface area contributed by atoms with Gasteiger partial charge in [-0.2, -0.15) is 11.8 Å². The van der Waals surface area contributed by atoms with Gasteiger partial charge in [-0.3, -0.25) is 19.2 Å². The molecule has 1 aliphatic heterocycles. The number of nitrogens with zero attached hydrogens (tertiary/aromatic N) is 1. The third-order valence-electron chi connectivity index (χ3n) is 4.87. The maximum absolute atomic E-state index is 13.0. The van der Waals surface area contributed by atoms with E-state index < -0.39 is 66.3 Å². The minimum absolute atomic E-state index is 0.183. The van der Waals surface area contributed by atoms with Gasteiger partial charge in [0.1, 0.15) is 18.1 Å². The lowest BCUT2D eigenvalue weighted by Gasteiger charge is -2.31. The molecule has 0 saturated carbocycles. The van der Waals surface area contributed by atoms with Crippen LogP contribution in [0.1, 0.15) is 32.6 Å². The first-order valence-electron chi connectivity index (χ1n) is 9.84. The summed E-state index contributed by atoms with van der Waals surface area (Å²) < 4.78 is 0. The highest BCUT2D eigenvalue weighted by Crippen LogP contribution is 2.20. The molecule has 1 heterocycles. The number of aliphatic hydroxyl groups is 1. The highest BCUT2D eigenvalue weighted by molar-refractivity contribution is 7.98. The number of thioether (sulfide) groups is 1. The summed E-state index contributed by atoms with van der Waals surface area (Å²) in [5.41, 5.74) is 10.8. The molecule has 31 heavy (non-hydrogen) atoms.